The van der Waals surface area contributed by atoms with Crippen LogP contribution in [-0.4, -0.2) is 23.6 Å². The van der Waals surface area contributed by atoms with Gasteiger partial charge in [-0.15, -0.1) is 0 Å². The van der Waals surface area contributed by atoms with Gasteiger partial charge in [0.15, 0.2) is 0 Å². The van der Waals surface area contributed by atoms with Gasteiger partial charge in [0.2, 0.25) is 5.88 Å². The highest BCUT2D eigenvalue weighted by Crippen LogP contribution is 2.39. The van der Waals surface area contributed by atoms with E-state index in [4.69, 9.17) is 4.74 Å². The smallest absolute Gasteiger partial charge is 0.237 e. The molecule has 1 aromatic rings. The second-order valence-corrected chi connectivity index (χ2v) is 5.69. The summed E-state index contributed by atoms with van der Waals surface area (Å²) in [5, 5.41) is 3.61. The van der Waals surface area contributed by atoms with Gasteiger partial charge in [-0.05, 0) is 31.2 Å². The molecule has 1 N–H and O–H groups in total. The first-order chi connectivity index (χ1) is 9.80. The van der Waals surface area contributed by atoms with Gasteiger partial charge in [-0.3, -0.25) is 4.98 Å². The van der Waals surface area contributed by atoms with E-state index in [2.05, 4.69) is 29.1 Å². The summed E-state index contributed by atoms with van der Waals surface area (Å²) in [5.41, 5.74) is 0.971. The zero-order valence-electron chi connectivity index (χ0n) is 12.9. The highest BCUT2D eigenvalue weighted by Gasteiger charge is 2.31. The summed E-state index contributed by atoms with van der Waals surface area (Å²) < 4.78 is 5.40. The van der Waals surface area contributed by atoms with Gasteiger partial charge in [0.1, 0.15) is 5.69 Å². The van der Waals surface area contributed by atoms with E-state index < -0.39 is 0 Å². The van der Waals surface area contributed by atoms with Crippen molar-refractivity contribution >= 4 is 0 Å². The van der Waals surface area contributed by atoms with Gasteiger partial charge in [-0.25, -0.2) is 4.98 Å². The average Bonchev–Trinajstić information content (AvgIpc) is 2.52. The molecule has 0 saturated heterocycles. The van der Waals surface area contributed by atoms with Crippen LogP contribution in [-0.2, 0) is 0 Å². The molecule has 0 amide bonds. The van der Waals surface area contributed by atoms with Gasteiger partial charge in [-0.1, -0.05) is 33.1 Å². The minimum atomic E-state index is 0.262. The molecule has 1 aliphatic carbocycles. The molecule has 3 unspecified atom stereocenters. The Kier molecular flexibility index (Phi) is 5.77. The standard InChI is InChI=1S/C16H27N3O/c1-4-12-7-6-8-13(11-12)14(17-5-2)15-16(20-3)19-10-9-18-15/h9-10,12-14,17H,4-8,11H2,1-3H3. The zero-order valence-corrected chi connectivity index (χ0v) is 12.9. The number of methoxy groups -OCH3 is 1. The summed E-state index contributed by atoms with van der Waals surface area (Å²) in [7, 11) is 1.67. The third-order valence-electron chi connectivity index (χ3n) is 4.48. The van der Waals surface area contributed by atoms with Crippen molar-refractivity contribution in [2.45, 2.75) is 52.0 Å². The third-order valence-corrected chi connectivity index (χ3v) is 4.48. The Morgan fingerprint density at radius 1 is 1.30 bits per heavy atom. The van der Waals surface area contributed by atoms with Gasteiger partial charge < -0.3 is 10.1 Å². The molecule has 3 atom stereocenters. The number of hydrogen-bond acceptors (Lipinski definition) is 4. The lowest BCUT2D eigenvalue weighted by molar-refractivity contribution is 0.204. The molecular weight excluding hydrogens is 250 g/mol. The molecule has 0 spiro atoms. The highest BCUT2D eigenvalue weighted by molar-refractivity contribution is 5.22. The maximum atomic E-state index is 5.40. The second kappa shape index (κ2) is 7.58. The lowest BCUT2D eigenvalue weighted by Crippen LogP contribution is -2.32. The van der Waals surface area contributed by atoms with Crippen LogP contribution in [0.1, 0.15) is 57.7 Å². The maximum Gasteiger partial charge on any atom is 0.237 e. The Bertz CT molecular complexity index is 410. The van der Waals surface area contributed by atoms with Crippen molar-refractivity contribution in [3.8, 4) is 5.88 Å². The lowest BCUT2D eigenvalue weighted by Gasteiger charge is -2.34. The van der Waals surface area contributed by atoms with Crippen LogP contribution >= 0.6 is 0 Å². The molecule has 0 bridgehead atoms. The number of ether oxygens (including phenoxy) is 1. The van der Waals surface area contributed by atoms with Crippen molar-refractivity contribution < 1.29 is 4.74 Å². The molecule has 0 aliphatic heterocycles. The molecule has 1 saturated carbocycles. The van der Waals surface area contributed by atoms with Gasteiger partial charge in [0.25, 0.3) is 0 Å². The summed E-state index contributed by atoms with van der Waals surface area (Å²) in [6.07, 6.45) is 10.0. The van der Waals surface area contributed by atoms with E-state index >= 15 is 0 Å². The molecule has 1 heterocycles. The maximum absolute atomic E-state index is 5.40. The molecule has 4 nitrogen and oxygen atoms in total. The summed E-state index contributed by atoms with van der Waals surface area (Å²) in [6.45, 7) is 5.39. The first kappa shape index (κ1) is 15.2. The summed E-state index contributed by atoms with van der Waals surface area (Å²) in [6, 6.07) is 0.262. The Hall–Kier alpha value is -1.16. The van der Waals surface area contributed by atoms with E-state index in [1.807, 2.05) is 0 Å². The highest BCUT2D eigenvalue weighted by atomic mass is 16.5. The van der Waals surface area contributed by atoms with Gasteiger partial charge in [-0.2, -0.15) is 0 Å². The van der Waals surface area contributed by atoms with E-state index in [0.717, 1.165) is 18.2 Å². The fourth-order valence-corrected chi connectivity index (χ4v) is 3.42. The average molecular weight is 277 g/mol. The topological polar surface area (TPSA) is 47.0 Å². The van der Waals surface area contributed by atoms with Crippen molar-refractivity contribution in [1.29, 1.82) is 0 Å². The van der Waals surface area contributed by atoms with Crippen LogP contribution in [0.3, 0.4) is 0 Å². The Balaban J connectivity index is 2.21. The van der Waals surface area contributed by atoms with E-state index in [9.17, 15) is 0 Å². The molecular formula is C16H27N3O. The first-order valence-corrected chi connectivity index (χ1v) is 7.88. The first-order valence-electron chi connectivity index (χ1n) is 7.88. The van der Waals surface area contributed by atoms with Crippen LogP contribution < -0.4 is 10.1 Å². The zero-order chi connectivity index (χ0) is 14.4. The Morgan fingerprint density at radius 2 is 2.10 bits per heavy atom. The molecule has 2 rings (SSSR count). The van der Waals surface area contributed by atoms with Crippen LogP contribution in [0.4, 0.5) is 0 Å². The number of rotatable bonds is 6. The van der Waals surface area contributed by atoms with Crippen LogP contribution in [0.25, 0.3) is 0 Å². The summed E-state index contributed by atoms with van der Waals surface area (Å²) in [5.74, 6) is 2.16. The molecule has 0 radical (unpaired) electrons. The van der Waals surface area contributed by atoms with Crippen LogP contribution in [0.5, 0.6) is 5.88 Å². The molecule has 4 heteroatoms. The Labute approximate surface area is 122 Å². The number of aromatic nitrogens is 2. The number of hydrogen-bond donors (Lipinski definition) is 1. The van der Waals surface area contributed by atoms with E-state index in [-0.39, 0.29) is 6.04 Å². The summed E-state index contributed by atoms with van der Waals surface area (Å²) in [4.78, 5) is 8.85. The molecule has 1 fully saturated rings. The molecule has 1 aromatic heterocycles. The normalized spacial score (nSPS) is 24.4. The van der Waals surface area contributed by atoms with Crippen LogP contribution in [0, 0.1) is 11.8 Å². The van der Waals surface area contributed by atoms with Gasteiger partial charge in [0.05, 0.1) is 13.2 Å². The van der Waals surface area contributed by atoms with Crippen LogP contribution in [0.2, 0.25) is 0 Å². The number of nitrogens with zero attached hydrogens (tertiary/aromatic N) is 2. The van der Waals surface area contributed by atoms with Crippen molar-refractivity contribution in [2.75, 3.05) is 13.7 Å². The fourth-order valence-electron chi connectivity index (χ4n) is 3.42. The SMILES string of the molecule is CCNC(c1nccnc1OC)C1CCCC(CC)C1. The monoisotopic (exact) mass is 277 g/mol. The molecule has 0 aromatic carbocycles. The predicted octanol–water partition coefficient (Wildman–Crippen LogP) is 3.35. The van der Waals surface area contributed by atoms with E-state index in [1.54, 1.807) is 19.5 Å². The minimum Gasteiger partial charge on any atom is -0.480 e. The van der Waals surface area contributed by atoms with Gasteiger partial charge in [0, 0.05) is 12.4 Å². The third kappa shape index (κ3) is 3.48. The van der Waals surface area contributed by atoms with Crippen molar-refractivity contribution in [3.05, 3.63) is 18.1 Å². The quantitative estimate of drug-likeness (QED) is 0.866. The van der Waals surface area contributed by atoms with Gasteiger partial charge >= 0.3 is 0 Å². The molecule has 112 valence electrons. The van der Waals surface area contributed by atoms with Crippen molar-refractivity contribution in [1.82, 2.24) is 15.3 Å². The van der Waals surface area contributed by atoms with E-state index in [0.29, 0.717) is 11.8 Å². The van der Waals surface area contributed by atoms with Crippen LogP contribution in [0.15, 0.2) is 12.4 Å². The lowest BCUT2D eigenvalue weighted by atomic mass is 9.76. The Morgan fingerprint density at radius 3 is 2.80 bits per heavy atom. The fraction of sp³-hybridized carbons (Fsp3) is 0.750. The predicted molar refractivity (Wildman–Crippen MR) is 80.7 cm³/mol. The molecule has 20 heavy (non-hydrogen) atoms. The largest absolute Gasteiger partial charge is 0.480 e. The minimum absolute atomic E-state index is 0.262. The summed E-state index contributed by atoms with van der Waals surface area (Å²) >= 11 is 0. The van der Waals surface area contributed by atoms with Crippen molar-refractivity contribution in [2.24, 2.45) is 11.8 Å². The van der Waals surface area contributed by atoms with Crippen molar-refractivity contribution in [3.63, 3.8) is 0 Å². The second-order valence-electron chi connectivity index (χ2n) is 5.69. The molecule has 1 aliphatic rings. The number of nitrogens with one attached hydrogen (secondary N) is 1. The van der Waals surface area contributed by atoms with E-state index in [1.165, 1.54) is 32.1 Å².